The third kappa shape index (κ3) is 4.31. The van der Waals surface area contributed by atoms with Gasteiger partial charge in [0.2, 0.25) is 5.91 Å². The lowest BCUT2D eigenvalue weighted by molar-refractivity contribution is -0.223. The number of amides is 1. The van der Waals surface area contributed by atoms with Crippen molar-refractivity contribution in [3.05, 3.63) is 12.2 Å². The van der Waals surface area contributed by atoms with Crippen molar-refractivity contribution in [2.45, 2.75) is 104 Å². The van der Waals surface area contributed by atoms with Crippen molar-refractivity contribution in [1.82, 2.24) is 5.32 Å². The van der Waals surface area contributed by atoms with Crippen molar-refractivity contribution in [2.24, 2.45) is 46.3 Å². The molecule has 5 heteroatoms. The summed E-state index contributed by atoms with van der Waals surface area (Å²) in [4.78, 5) is 11.7. The van der Waals surface area contributed by atoms with Crippen molar-refractivity contribution in [3.8, 4) is 0 Å². The molecule has 0 aliphatic heterocycles. The smallest absolute Gasteiger partial charge is 0.243 e. The molecule has 4 aliphatic carbocycles. The number of hydrogen-bond donors (Lipinski definition) is 4. The molecule has 33 heavy (non-hydrogen) atoms. The second-order valence-electron chi connectivity index (χ2n) is 12.4. The van der Waals surface area contributed by atoms with Crippen molar-refractivity contribution in [1.29, 1.82) is 0 Å². The number of hydrogen-bond acceptors (Lipinski definition) is 4. The van der Waals surface area contributed by atoms with Crippen LogP contribution in [0.4, 0.5) is 0 Å². The van der Waals surface area contributed by atoms with E-state index in [1.807, 2.05) is 13.0 Å². The van der Waals surface area contributed by atoms with Gasteiger partial charge in [-0.3, -0.25) is 4.79 Å². The molecule has 0 saturated heterocycles. The van der Waals surface area contributed by atoms with Crippen molar-refractivity contribution < 1.29 is 20.1 Å². The first-order chi connectivity index (χ1) is 15.6. The van der Waals surface area contributed by atoms with E-state index >= 15 is 0 Å². The third-order valence-corrected chi connectivity index (χ3v) is 10.9. The molecule has 1 amide bonds. The summed E-state index contributed by atoms with van der Waals surface area (Å²) in [5.41, 5.74) is 0.236. The SMILES string of the molecule is CCNC(=O)C=CCC[C@@H](C)[C@H]1CC[C@H]2[C@@H]3C(O)C(O)[C@@H]4C[C@H](O)CC[C@]4(C)[C@H]3CC[C@]12C. The summed E-state index contributed by atoms with van der Waals surface area (Å²) in [5, 5.41) is 35.7. The Morgan fingerprint density at radius 2 is 1.70 bits per heavy atom. The Hall–Kier alpha value is -0.910. The Balaban J connectivity index is 1.47. The summed E-state index contributed by atoms with van der Waals surface area (Å²) in [7, 11) is 0. The van der Waals surface area contributed by atoms with Crippen LogP contribution in [0.1, 0.15) is 85.5 Å². The van der Waals surface area contributed by atoms with Crippen molar-refractivity contribution in [3.63, 3.8) is 0 Å². The standard InChI is InChI=1S/C28H47NO4/c1-5-29-23(31)9-7-6-8-17(2)19-10-11-20-24-21(13-15-27(19,20)3)28(4)14-12-18(30)16-22(28)25(32)26(24)33/h7,9,17-22,24-26,30,32-33H,5-6,8,10-16H2,1-4H3,(H,29,31)/t17-,18-,19-,20+,21+,22+,24+,25?,26?,27-,28-/m1/s1. The average Bonchev–Trinajstić information content (AvgIpc) is 3.13. The molecule has 0 spiro atoms. The molecule has 2 unspecified atom stereocenters. The van der Waals surface area contributed by atoms with E-state index in [-0.39, 0.29) is 34.7 Å². The molecule has 0 bridgehead atoms. The maximum atomic E-state index is 11.7. The van der Waals surface area contributed by atoms with E-state index in [0.29, 0.717) is 36.6 Å². The maximum absolute atomic E-state index is 11.7. The van der Waals surface area contributed by atoms with Crippen LogP contribution in [0.2, 0.25) is 0 Å². The Kier molecular flexibility index (Phi) is 7.34. The predicted molar refractivity (Wildman–Crippen MR) is 130 cm³/mol. The van der Waals surface area contributed by atoms with E-state index in [4.69, 9.17) is 0 Å². The molecule has 4 fully saturated rings. The number of nitrogens with one attached hydrogen (secondary N) is 1. The number of likely N-dealkylation sites (N-methyl/N-ethyl adjacent to an activating group) is 1. The number of carbonyl (C=O) groups excluding carboxylic acids is 1. The van der Waals surface area contributed by atoms with E-state index in [1.165, 1.54) is 12.8 Å². The van der Waals surface area contributed by atoms with Crippen LogP contribution in [-0.2, 0) is 4.79 Å². The van der Waals surface area contributed by atoms with E-state index in [0.717, 1.165) is 38.5 Å². The lowest BCUT2D eigenvalue weighted by Crippen LogP contribution is -2.64. The summed E-state index contributed by atoms with van der Waals surface area (Å²) < 4.78 is 0. The summed E-state index contributed by atoms with van der Waals surface area (Å²) in [6, 6.07) is 0. The van der Waals surface area contributed by atoms with Gasteiger partial charge in [-0.2, -0.15) is 0 Å². The molecule has 0 heterocycles. The third-order valence-electron chi connectivity index (χ3n) is 10.9. The van der Waals surface area contributed by atoms with E-state index in [9.17, 15) is 20.1 Å². The van der Waals surface area contributed by atoms with Gasteiger partial charge in [-0.05, 0) is 117 Å². The highest BCUT2D eigenvalue weighted by molar-refractivity contribution is 5.87. The molecule has 11 atom stereocenters. The number of fused-ring (bicyclic) bond motifs is 5. The molecule has 0 aromatic heterocycles. The highest BCUT2D eigenvalue weighted by atomic mass is 16.3. The van der Waals surface area contributed by atoms with Crippen LogP contribution < -0.4 is 5.32 Å². The van der Waals surface area contributed by atoms with Crippen molar-refractivity contribution >= 4 is 5.91 Å². The number of allylic oxidation sites excluding steroid dienone is 1. The lowest BCUT2D eigenvalue weighted by Gasteiger charge is -2.63. The molecule has 188 valence electrons. The largest absolute Gasteiger partial charge is 0.393 e. The fourth-order valence-electron chi connectivity index (χ4n) is 9.20. The van der Waals surface area contributed by atoms with Gasteiger partial charge in [0.15, 0.2) is 0 Å². The monoisotopic (exact) mass is 461 g/mol. The first-order valence-corrected chi connectivity index (χ1v) is 13.6. The van der Waals surface area contributed by atoms with Gasteiger partial charge in [-0.15, -0.1) is 0 Å². The average molecular weight is 462 g/mol. The molecular weight excluding hydrogens is 414 g/mol. The first-order valence-electron chi connectivity index (χ1n) is 13.6. The van der Waals surface area contributed by atoms with Crippen molar-refractivity contribution in [2.75, 3.05) is 6.54 Å². The summed E-state index contributed by atoms with van der Waals surface area (Å²) >= 11 is 0. The maximum Gasteiger partial charge on any atom is 0.243 e. The van der Waals surface area contributed by atoms with Crippen LogP contribution in [0.3, 0.4) is 0 Å². The van der Waals surface area contributed by atoms with Gasteiger partial charge in [0.05, 0.1) is 18.3 Å². The Bertz CT molecular complexity index is 739. The predicted octanol–water partition coefficient (Wildman–Crippen LogP) is 4.06. The molecule has 4 N–H and O–H groups in total. The van der Waals surface area contributed by atoms with E-state index in [1.54, 1.807) is 6.08 Å². The molecule has 0 radical (unpaired) electrons. The second-order valence-corrected chi connectivity index (χ2v) is 12.4. The Morgan fingerprint density at radius 1 is 1.00 bits per heavy atom. The molecule has 4 saturated carbocycles. The van der Waals surface area contributed by atoms with Crippen LogP contribution in [-0.4, -0.2) is 46.1 Å². The van der Waals surface area contributed by atoms with Crippen LogP contribution in [0.15, 0.2) is 12.2 Å². The summed E-state index contributed by atoms with van der Waals surface area (Å²) in [6.07, 6.45) is 11.0. The van der Waals surface area contributed by atoms with Crippen LogP contribution >= 0.6 is 0 Å². The zero-order chi connectivity index (χ0) is 24.0. The van der Waals surface area contributed by atoms with Gasteiger partial charge in [0, 0.05) is 6.54 Å². The van der Waals surface area contributed by atoms with Crippen LogP contribution in [0, 0.1) is 46.3 Å². The fourth-order valence-corrected chi connectivity index (χ4v) is 9.20. The van der Waals surface area contributed by atoms with Gasteiger partial charge in [-0.25, -0.2) is 0 Å². The molecular formula is C28H47NO4. The lowest BCUT2D eigenvalue weighted by atomic mass is 9.43. The molecule has 4 aliphatic rings. The molecule has 5 nitrogen and oxygen atoms in total. The van der Waals surface area contributed by atoms with Gasteiger partial charge < -0.3 is 20.6 Å². The zero-order valence-corrected chi connectivity index (χ0v) is 21.2. The minimum Gasteiger partial charge on any atom is -0.393 e. The van der Waals surface area contributed by atoms with Gasteiger partial charge >= 0.3 is 0 Å². The highest BCUT2D eigenvalue weighted by Crippen LogP contribution is 2.68. The normalized spacial score (nSPS) is 48.1. The first kappa shape index (κ1) is 25.2. The van der Waals surface area contributed by atoms with Gasteiger partial charge in [-0.1, -0.05) is 26.8 Å². The minimum atomic E-state index is -0.718. The van der Waals surface area contributed by atoms with E-state index in [2.05, 4.69) is 26.1 Å². The highest BCUT2D eigenvalue weighted by Gasteiger charge is 2.65. The Morgan fingerprint density at radius 3 is 2.42 bits per heavy atom. The van der Waals surface area contributed by atoms with Gasteiger partial charge in [0.1, 0.15) is 0 Å². The quantitative estimate of drug-likeness (QED) is 0.449. The number of aliphatic hydroxyl groups excluding tert-OH is 3. The molecule has 4 rings (SSSR count). The summed E-state index contributed by atoms with van der Waals surface area (Å²) in [5.74, 6) is 2.28. The topological polar surface area (TPSA) is 89.8 Å². The van der Waals surface area contributed by atoms with Gasteiger partial charge in [0.25, 0.3) is 0 Å². The number of aliphatic hydroxyl groups is 3. The minimum absolute atomic E-state index is 0.00896. The summed E-state index contributed by atoms with van der Waals surface area (Å²) in [6.45, 7) is 9.76. The Labute approximate surface area is 200 Å². The molecule has 0 aromatic carbocycles. The fraction of sp³-hybridized carbons (Fsp3) is 0.893. The second kappa shape index (κ2) is 9.62. The van der Waals surface area contributed by atoms with Crippen LogP contribution in [0.5, 0.6) is 0 Å². The molecule has 0 aromatic rings. The zero-order valence-electron chi connectivity index (χ0n) is 21.2. The number of rotatable bonds is 6. The number of carbonyl (C=O) groups is 1. The van der Waals surface area contributed by atoms with E-state index < -0.39 is 12.2 Å². The van der Waals surface area contributed by atoms with Crippen LogP contribution in [0.25, 0.3) is 0 Å².